The molecule has 5 rings (SSSR count). The quantitative estimate of drug-likeness (QED) is 0.249. The van der Waals surface area contributed by atoms with E-state index in [-0.39, 0.29) is 29.7 Å². The first-order chi connectivity index (χ1) is 18.6. The molecule has 0 radical (unpaired) electrons. The van der Waals surface area contributed by atoms with Gasteiger partial charge in [-0.2, -0.15) is 0 Å². The Hall–Kier alpha value is -2.67. The number of ketones is 1. The maximum absolute atomic E-state index is 14.1. The summed E-state index contributed by atoms with van der Waals surface area (Å²) in [5.41, 5.74) is -7.68. The number of esters is 2. The molecule has 2 bridgehead atoms. The van der Waals surface area contributed by atoms with Crippen LogP contribution in [0.2, 0.25) is 0 Å². The smallest absolute Gasteiger partial charge is 0.338 e. The number of hydrogen-bond acceptors (Lipinski definition) is 11. The molecule has 1 aliphatic heterocycles. The Bertz CT molecular complexity index is 1270. The number of aliphatic hydroxyl groups excluding tert-OH is 4. The van der Waals surface area contributed by atoms with Crippen LogP contribution in [0.4, 0.5) is 0 Å². The zero-order valence-corrected chi connectivity index (χ0v) is 23.0. The number of ether oxygens (including phenoxy) is 3. The van der Waals surface area contributed by atoms with E-state index < -0.39 is 82.3 Å². The lowest BCUT2D eigenvalue weighted by Crippen LogP contribution is -2.83. The molecule has 4 aliphatic rings. The molecular formula is C29H36O11. The lowest BCUT2D eigenvalue weighted by molar-refractivity contribution is -0.352. The second-order valence-electron chi connectivity index (χ2n) is 12.3. The highest BCUT2D eigenvalue weighted by atomic mass is 16.6. The number of aliphatic hydroxyl groups is 5. The van der Waals surface area contributed by atoms with E-state index in [1.807, 2.05) is 0 Å². The van der Waals surface area contributed by atoms with Gasteiger partial charge >= 0.3 is 11.9 Å². The van der Waals surface area contributed by atoms with Crippen molar-refractivity contribution in [1.29, 1.82) is 0 Å². The van der Waals surface area contributed by atoms with E-state index in [9.17, 15) is 39.9 Å². The lowest BCUT2D eigenvalue weighted by atomic mass is 9.44. The summed E-state index contributed by atoms with van der Waals surface area (Å²) in [4.78, 5) is 39.6. The maximum atomic E-state index is 14.1. The molecule has 5 N–H and O–H groups in total. The van der Waals surface area contributed by atoms with Crippen LogP contribution in [0.15, 0.2) is 41.5 Å². The minimum atomic E-state index is -2.55. The summed E-state index contributed by atoms with van der Waals surface area (Å²) >= 11 is 0. The summed E-state index contributed by atoms with van der Waals surface area (Å²) in [6.07, 6.45) is -9.99. The van der Waals surface area contributed by atoms with Crippen molar-refractivity contribution in [3.63, 3.8) is 0 Å². The predicted molar refractivity (Wildman–Crippen MR) is 137 cm³/mol. The first-order valence-electron chi connectivity index (χ1n) is 13.3. The molecule has 0 unspecified atom stereocenters. The van der Waals surface area contributed by atoms with Crippen molar-refractivity contribution in [3.8, 4) is 0 Å². The summed E-state index contributed by atoms with van der Waals surface area (Å²) in [6, 6.07) is 7.88. The van der Waals surface area contributed by atoms with Gasteiger partial charge in [0.25, 0.3) is 0 Å². The summed E-state index contributed by atoms with van der Waals surface area (Å²) in [5, 5.41) is 59.3. The molecule has 0 amide bonds. The van der Waals surface area contributed by atoms with Crippen LogP contribution in [0.1, 0.15) is 51.4 Å². The van der Waals surface area contributed by atoms with E-state index in [0.29, 0.717) is 0 Å². The molecular weight excluding hydrogens is 524 g/mol. The van der Waals surface area contributed by atoms with E-state index in [1.54, 1.807) is 18.2 Å². The van der Waals surface area contributed by atoms with Crippen LogP contribution in [-0.4, -0.2) is 97.7 Å². The Labute approximate surface area is 231 Å². The molecule has 11 nitrogen and oxygen atoms in total. The molecule has 40 heavy (non-hydrogen) atoms. The summed E-state index contributed by atoms with van der Waals surface area (Å²) < 4.78 is 17.1. The number of carbonyl (C=O) groups is 3. The average Bonchev–Trinajstić information content (AvgIpc) is 2.89. The molecule has 2 saturated carbocycles. The third-order valence-electron chi connectivity index (χ3n) is 10.0. The van der Waals surface area contributed by atoms with Crippen LogP contribution >= 0.6 is 0 Å². The highest BCUT2D eigenvalue weighted by Gasteiger charge is 2.78. The van der Waals surface area contributed by atoms with Gasteiger partial charge in [-0.1, -0.05) is 32.0 Å². The maximum Gasteiger partial charge on any atom is 0.338 e. The van der Waals surface area contributed by atoms with Gasteiger partial charge in [0.1, 0.15) is 23.9 Å². The minimum Gasteiger partial charge on any atom is -0.454 e. The van der Waals surface area contributed by atoms with Crippen molar-refractivity contribution < 1.29 is 54.1 Å². The van der Waals surface area contributed by atoms with Crippen LogP contribution in [0.3, 0.4) is 0 Å². The zero-order valence-electron chi connectivity index (χ0n) is 23.0. The fourth-order valence-corrected chi connectivity index (χ4v) is 7.80. The van der Waals surface area contributed by atoms with Gasteiger partial charge in [0.15, 0.2) is 17.5 Å². The monoisotopic (exact) mass is 560 g/mol. The third-order valence-corrected chi connectivity index (χ3v) is 10.0. The van der Waals surface area contributed by atoms with Crippen molar-refractivity contribution in [2.75, 3.05) is 6.61 Å². The Morgan fingerprint density at radius 2 is 1.68 bits per heavy atom. The second-order valence-corrected chi connectivity index (χ2v) is 12.3. The van der Waals surface area contributed by atoms with Gasteiger partial charge < -0.3 is 39.7 Å². The van der Waals surface area contributed by atoms with Crippen LogP contribution < -0.4 is 0 Å². The molecule has 218 valence electrons. The van der Waals surface area contributed by atoms with E-state index in [2.05, 4.69) is 0 Å². The topological polar surface area (TPSA) is 180 Å². The van der Waals surface area contributed by atoms with E-state index in [0.717, 1.165) is 6.92 Å². The van der Waals surface area contributed by atoms with Crippen LogP contribution in [-0.2, 0) is 23.8 Å². The van der Waals surface area contributed by atoms with Crippen LogP contribution in [0.25, 0.3) is 0 Å². The van der Waals surface area contributed by atoms with E-state index >= 15 is 0 Å². The molecule has 1 aromatic rings. The molecule has 10 atom stereocenters. The summed E-state index contributed by atoms with van der Waals surface area (Å²) in [5.74, 6) is -4.02. The summed E-state index contributed by atoms with van der Waals surface area (Å²) in [7, 11) is 0. The largest absolute Gasteiger partial charge is 0.454 e. The molecule has 0 spiro atoms. The summed E-state index contributed by atoms with van der Waals surface area (Å²) in [6.45, 7) is 6.63. The normalized spacial score (nSPS) is 43.9. The van der Waals surface area contributed by atoms with Crippen LogP contribution in [0.5, 0.6) is 0 Å². The average molecular weight is 561 g/mol. The number of Topliss-reactive ketones (excluding diaryl/α,β-unsaturated/α-hetero) is 1. The fraction of sp³-hybridized carbons (Fsp3) is 0.621. The van der Waals surface area contributed by atoms with Gasteiger partial charge in [-0.05, 0) is 37.1 Å². The van der Waals surface area contributed by atoms with Gasteiger partial charge in [0.05, 0.1) is 29.8 Å². The van der Waals surface area contributed by atoms with E-state index in [1.165, 1.54) is 39.8 Å². The van der Waals surface area contributed by atoms with Gasteiger partial charge in [-0.25, -0.2) is 4.79 Å². The van der Waals surface area contributed by atoms with Gasteiger partial charge in [-0.3, -0.25) is 9.59 Å². The highest BCUT2D eigenvalue weighted by Crippen LogP contribution is 2.63. The van der Waals surface area contributed by atoms with Crippen LogP contribution in [0, 0.1) is 16.7 Å². The number of rotatable bonds is 3. The van der Waals surface area contributed by atoms with Crippen molar-refractivity contribution >= 4 is 17.7 Å². The lowest BCUT2D eigenvalue weighted by Gasteiger charge is -2.67. The Morgan fingerprint density at radius 3 is 2.23 bits per heavy atom. The highest BCUT2D eigenvalue weighted by molar-refractivity contribution is 5.93. The SMILES string of the molecule is CC(=O)O[C@@]12CO[C@H]1C[C@H](O)[C@]1(C)C(=O)[C@H](O)C3=C(C)[C@@H](O)[C@H](OC(=O)c4ccccc4)[C@@](O)([C@@H](O)[C@H]21)C3(C)C. The van der Waals surface area contributed by atoms with Crippen molar-refractivity contribution in [1.82, 2.24) is 0 Å². The number of hydrogen-bond donors (Lipinski definition) is 5. The number of benzene rings is 1. The Morgan fingerprint density at radius 1 is 1.05 bits per heavy atom. The molecule has 11 heteroatoms. The first-order valence-corrected chi connectivity index (χ1v) is 13.3. The molecule has 1 saturated heterocycles. The predicted octanol–water partition coefficient (Wildman–Crippen LogP) is 0.0526. The molecule has 1 aromatic carbocycles. The standard InChI is InChI=1S/C29H36O11/c1-13-18-20(33)22(34)27(5)16(31)11-17-28(12-38-17,40-14(2)30)21(27)23(35)29(37,26(18,3)4)24(19(13)32)39-25(36)15-9-7-6-8-10-15/h6-10,16-17,19-21,23-24,31-33,35,37H,11-12H2,1-5H3/t16-,17-,19+,20+,21-,23-,24-,27-,28-,29-/m0/s1. The Balaban J connectivity index is 1.76. The van der Waals surface area contributed by atoms with Crippen molar-refractivity contribution in [3.05, 3.63) is 47.0 Å². The van der Waals surface area contributed by atoms with Gasteiger partial charge in [-0.15, -0.1) is 0 Å². The van der Waals surface area contributed by atoms with Gasteiger partial charge in [0, 0.05) is 24.7 Å². The molecule has 0 aromatic heterocycles. The number of carbonyl (C=O) groups excluding carboxylic acids is 3. The zero-order chi connectivity index (χ0) is 29.6. The van der Waals surface area contributed by atoms with Crippen molar-refractivity contribution in [2.45, 2.75) is 88.9 Å². The second kappa shape index (κ2) is 9.17. The molecule has 3 aliphatic carbocycles. The molecule has 3 fully saturated rings. The number of fused-ring (bicyclic) bond motifs is 5. The first kappa shape index (κ1) is 28.8. The fourth-order valence-electron chi connectivity index (χ4n) is 7.80. The minimum absolute atomic E-state index is 0.0565. The molecule has 1 heterocycles. The Kier molecular flexibility index (Phi) is 6.61. The van der Waals surface area contributed by atoms with Crippen molar-refractivity contribution in [2.24, 2.45) is 16.7 Å². The third kappa shape index (κ3) is 3.48. The van der Waals surface area contributed by atoms with Gasteiger partial charge in [0.2, 0.25) is 0 Å². The van der Waals surface area contributed by atoms with E-state index in [4.69, 9.17) is 14.2 Å².